The first-order chi connectivity index (χ1) is 9.57. The second-order valence-electron chi connectivity index (χ2n) is 5.37. The molecule has 0 saturated carbocycles. The molecular formula is C14H22N2O4. The molecule has 0 unspecified atom stereocenters. The van der Waals surface area contributed by atoms with Crippen molar-refractivity contribution < 1.29 is 19.1 Å². The summed E-state index contributed by atoms with van der Waals surface area (Å²) in [5, 5.41) is 13.2. The lowest BCUT2D eigenvalue weighted by molar-refractivity contribution is -0.123. The zero-order valence-corrected chi connectivity index (χ0v) is 11.8. The van der Waals surface area contributed by atoms with E-state index in [0.29, 0.717) is 39.1 Å². The fraction of sp³-hybridized carbons (Fsp3) is 0.643. The number of nitrogens with one attached hydrogen (secondary N) is 1. The molecule has 1 amide bonds. The van der Waals surface area contributed by atoms with E-state index in [9.17, 15) is 9.90 Å². The van der Waals surface area contributed by atoms with Gasteiger partial charge in [-0.2, -0.15) is 0 Å². The van der Waals surface area contributed by atoms with Crippen LogP contribution in [0.15, 0.2) is 22.8 Å². The molecule has 0 atom stereocenters. The Kier molecular flexibility index (Phi) is 5.17. The van der Waals surface area contributed by atoms with Crippen molar-refractivity contribution in [3.63, 3.8) is 0 Å². The van der Waals surface area contributed by atoms with Crippen LogP contribution in [-0.4, -0.2) is 54.9 Å². The minimum Gasteiger partial charge on any atom is -0.467 e. The van der Waals surface area contributed by atoms with Gasteiger partial charge in [0.05, 0.1) is 25.0 Å². The van der Waals surface area contributed by atoms with Gasteiger partial charge in [-0.15, -0.1) is 0 Å². The van der Waals surface area contributed by atoms with Gasteiger partial charge >= 0.3 is 0 Å². The van der Waals surface area contributed by atoms with Crippen LogP contribution in [0.2, 0.25) is 0 Å². The summed E-state index contributed by atoms with van der Waals surface area (Å²) in [5.41, 5.74) is -0.742. The molecule has 0 aliphatic carbocycles. The highest BCUT2D eigenvalue weighted by atomic mass is 16.5. The van der Waals surface area contributed by atoms with Gasteiger partial charge in [-0.25, -0.2) is 0 Å². The molecule has 2 rings (SSSR count). The number of carbonyl (C=O) groups excluding carboxylic acids is 1. The molecule has 1 aromatic heterocycles. The average Bonchev–Trinajstić information content (AvgIpc) is 2.89. The maximum Gasteiger partial charge on any atom is 0.234 e. The number of amides is 1. The van der Waals surface area contributed by atoms with Crippen LogP contribution < -0.4 is 5.32 Å². The Labute approximate surface area is 118 Å². The van der Waals surface area contributed by atoms with Gasteiger partial charge in [0, 0.05) is 32.6 Å². The Morgan fingerprint density at radius 2 is 2.25 bits per heavy atom. The quantitative estimate of drug-likeness (QED) is 0.788. The molecule has 0 radical (unpaired) electrons. The van der Waals surface area contributed by atoms with Crippen LogP contribution in [0.4, 0.5) is 0 Å². The number of carbonyl (C=O) groups is 1. The van der Waals surface area contributed by atoms with Crippen LogP contribution in [0.3, 0.4) is 0 Å². The number of hydrogen-bond donors (Lipinski definition) is 2. The Morgan fingerprint density at radius 3 is 2.90 bits per heavy atom. The van der Waals surface area contributed by atoms with E-state index in [1.54, 1.807) is 12.3 Å². The molecule has 1 aliphatic heterocycles. The summed E-state index contributed by atoms with van der Waals surface area (Å²) < 4.78 is 10.4. The van der Waals surface area contributed by atoms with Gasteiger partial charge in [0.1, 0.15) is 5.76 Å². The number of likely N-dealkylation sites (N-methyl/N-ethyl adjacent to an activating group) is 1. The van der Waals surface area contributed by atoms with Crippen LogP contribution in [0.1, 0.15) is 18.6 Å². The van der Waals surface area contributed by atoms with E-state index < -0.39 is 5.60 Å². The summed E-state index contributed by atoms with van der Waals surface area (Å²) >= 11 is 0. The van der Waals surface area contributed by atoms with Gasteiger partial charge in [-0.1, -0.05) is 0 Å². The Morgan fingerprint density at radius 1 is 1.50 bits per heavy atom. The highest BCUT2D eigenvalue weighted by Gasteiger charge is 2.31. The Bertz CT molecular complexity index is 413. The number of rotatable bonds is 6. The number of aliphatic hydroxyl groups is 1. The van der Waals surface area contributed by atoms with Gasteiger partial charge in [-0.05, 0) is 19.2 Å². The van der Waals surface area contributed by atoms with Crippen molar-refractivity contribution in [1.29, 1.82) is 0 Å². The second-order valence-corrected chi connectivity index (χ2v) is 5.37. The SMILES string of the molecule is CN(CC(=O)NCc1ccco1)CC1(O)CCOCC1. The van der Waals surface area contributed by atoms with E-state index in [4.69, 9.17) is 9.15 Å². The molecule has 6 nitrogen and oxygen atoms in total. The van der Waals surface area contributed by atoms with Crippen LogP contribution in [0.5, 0.6) is 0 Å². The molecule has 1 fully saturated rings. The highest BCUT2D eigenvalue weighted by molar-refractivity contribution is 5.77. The van der Waals surface area contributed by atoms with Gasteiger partial charge in [0.15, 0.2) is 0 Å². The Hall–Kier alpha value is -1.37. The van der Waals surface area contributed by atoms with Gasteiger partial charge in [0.25, 0.3) is 0 Å². The van der Waals surface area contributed by atoms with E-state index in [1.807, 2.05) is 18.0 Å². The van der Waals surface area contributed by atoms with Crippen molar-refractivity contribution >= 4 is 5.91 Å². The summed E-state index contributed by atoms with van der Waals surface area (Å²) in [7, 11) is 1.83. The van der Waals surface area contributed by atoms with Gasteiger partial charge in [-0.3, -0.25) is 9.69 Å². The molecule has 1 aliphatic rings. The fourth-order valence-corrected chi connectivity index (χ4v) is 2.37. The van der Waals surface area contributed by atoms with Gasteiger partial charge in [0.2, 0.25) is 5.91 Å². The third-order valence-electron chi connectivity index (χ3n) is 3.44. The molecule has 2 heterocycles. The minimum atomic E-state index is -0.742. The first-order valence-corrected chi connectivity index (χ1v) is 6.85. The lowest BCUT2D eigenvalue weighted by Gasteiger charge is -2.35. The highest BCUT2D eigenvalue weighted by Crippen LogP contribution is 2.21. The largest absolute Gasteiger partial charge is 0.467 e. The van der Waals surface area contributed by atoms with Crippen molar-refractivity contribution in [3.05, 3.63) is 24.2 Å². The lowest BCUT2D eigenvalue weighted by atomic mass is 9.94. The average molecular weight is 282 g/mol. The summed E-state index contributed by atoms with van der Waals surface area (Å²) in [6.07, 6.45) is 2.81. The van der Waals surface area contributed by atoms with Crippen molar-refractivity contribution in [1.82, 2.24) is 10.2 Å². The summed E-state index contributed by atoms with van der Waals surface area (Å²) in [6.45, 7) is 2.27. The third-order valence-corrected chi connectivity index (χ3v) is 3.44. The van der Waals surface area contributed by atoms with Crippen molar-refractivity contribution in [2.45, 2.75) is 25.0 Å². The number of nitrogens with zero attached hydrogens (tertiary/aromatic N) is 1. The molecular weight excluding hydrogens is 260 g/mol. The lowest BCUT2D eigenvalue weighted by Crippen LogP contribution is -2.47. The van der Waals surface area contributed by atoms with Crippen molar-refractivity contribution in [2.24, 2.45) is 0 Å². The smallest absolute Gasteiger partial charge is 0.234 e. The molecule has 0 aromatic carbocycles. The van der Waals surface area contributed by atoms with Crippen molar-refractivity contribution in [2.75, 3.05) is 33.4 Å². The molecule has 2 N–H and O–H groups in total. The van der Waals surface area contributed by atoms with E-state index >= 15 is 0 Å². The van der Waals surface area contributed by atoms with Crippen LogP contribution in [0.25, 0.3) is 0 Å². The molecule has 112 valence electrons. The maximum atomic E-state index is 11.8. The topological polar surface area (TPSA) is 74.9 Å². The van der Waals surface area contributed by atoms with Crippen LogP contribution >= 0.6 is 0 Å². The van der Waals surface area contributed by atoms with Crippen LogP contribution in [-0.2, 0) is 16.1 Å². The molecule has 1 aromatic rings. The first-order valence-electron chi connectivity index (χ1n) is 6.85. The Balaban J connectivity index is 1.70. The molecule has 1 saturated heterocycles. The molecule has 0 spiro atoms. The summed E-state index contributed by atoms with van der Waals surface area (Å²) in [4.78, 5) is 13.6. The van der Waals surface area contributed by atoms with Gasteiger partial charge < -0.3 is 19.6 Å². The second kappa shape index (κ2) is 6.88. The molecule has 6 heteroatoms. The monoisotopic (exact) mass is 282 g/mol. The predicted molar refractivity (Wildman–Crippen MR) is 73.1 cm³/mol. The van der Waals surface area contributed by atoms with E-state index in [2.05, 4.69) is 5.32 Å². The van der Waals surface area contributed by atoms with E-state index in [0.717, 1.165) is 5.76 Å². The first kappa shape index (κ1) is 15.0. The molecule has 0 bridgehead atoms. The summed E-state index contributed by atoms with van der Waals surface area (Å²) in [5.74, 6) is 0.642. The zero-order chi connectivity index (χ0) is 14.4. The summed E-state index contributed by atoms with van der Waals surface area (Å²) in [6, 6.07) is 3.60. The standard InChI is InChI=1S/C14H22N2O4/c1-16(11-14(18)4-7-19-8-5-14)10-13(17)15-9-12-3-2-6-20-12/h2-3,6,18H,4-5,7-11H2,1H3,(H,15,17). The number of furan rings is 1. The van der Waals surface area contributed by atoms with E-state index in [1.165, 1.54) is 0 Å². The number of ether oxygens (including phenoxy) is 1. The van der Waals surface area contributed by atoms with Crippen LogP contribution in [0, 0.1) is 0 Å². The normalized spacial score (nSPS) is 18.1. The molecule has 20 heavy (non-hydrogen) atoms. The zero-order valence-electron chi connectivity index (χ0n) is 11.8. The van der Waals surface area contributed by atoms with E-state index in [-0.39, 0.29) is 12.5 Å². The fourth-order valence-electron chi connectivity index (χ4n) is 2.37. The number of hydrogen-bond acceptors (Lipinski definition) is 5. The third kappa shape index (κ3) is 4.63. The van der Waals surface area contributed by atoms with Crippen molar-refractivity contribution in [3.8, 4) is 0 Å². The maximum absolute atomic E-state index is 11.8. The predicted octanol–water partition coefficient (Wildman–Crippen LogP) is 0.369. The minimum absolute atomic E-state index is 0.0837.